The van der Waals surface area contributed by atoms with Gasteiger partial charge in [-0.05, 0) is 41.5 Å². The summed E-state index contributed by atoms with van der Waals surface area (Å²) in [6.45, 7) is 2.75. The second-order valence-corrected chi connectivity index (χ2v) is 12.5. The molecular weight excluding hydrogens is 757 g/mol. The number of anilines is 3. The maximum Gasteiger partial charge on any atom is 0.433 e. The lowest BCUT2D eigenvalue weighted by molar-refractivity contribution is -0.142. The van der Waals surface area contributed by atoms with Gasteiger partial charge in [-0.15, -0.1) is 0 Å². The Bertz CT molecular complexity index is 2180. The fourth-order valence-electron chi connectivity index (χ4n) is 5.96. The molecule has 0 atom stereocenters. The Labute approximate surface area is 313 Å². The first-order valence-corrected chi connectivity index (χ1v) is 16.8. The first kappa shape index (κ1) is 39.6. The summed E-state index contributed by atoms with van der Waals surface area (Å²) in [6, 6.07) is 9.45. The monoisotopic (exact) mass is 787 g/mol. The van der Waals surface area contributed by atoms with Crippen molar-refractivity contribution in [3.8, 4) is 6.07 Å². The summed E-state index contributed by atoms with van der Waals surface area (Å²) >= 11 is 0. The number of rotatable bonds is 7. The van der Waals surface area contributed by atoms with Crippen LogP contribution in [0.5, 0.6) is 0 Å². The number of hydrogen-bond donors (Lipinski definition) is 3. The van der Waals surface area contributed by atoms with Gasteiger partial charge in [-0.1, -0.05) is 12.1 Å². The number of alkyl halides is 9. The lowest BCUT2D eigenvalue weighted by atomic mass is 10.0. The number of nitriles is 1. The summed E-state index contributed by atoms with van der Waals surface area (Å²) in [5.41, 5.74) is 2.09. The van der Waals surface area contributed by atoms with Gasteiger partial charge in [0.1, 0.15) is 41.7 Å². The Morgan fingerprint density at radius 3 is 1.77 bits per heavy atom. The lowest BCUT2D eigenvalue weighted by Gasteiger charge is -2.31. The van der Waals surface area contributed by atoms with Gasteiger partial charge in [0, 0.05) is 75.6 Å². The van der Waals surface area contributed by atoms with Gasteiger partial charge in [0.2, 0.25) is 0 Å². The van der Waals surface area contributed by atoms with E-state index in [9.17, 15) is 44.8 Å². The average molecular weight is 788 g/mol. The molecule has 0 saturated heterocycles. The van der Waals surface area contributed by atoms with E-state index in [1.807, 2.05) is 6.07 Å². The topological polar surface area (TPSA) is 140 Å². The maximum atomic E-state index is 13.0. The predicted octanol–water partition coefficient (Wildman–Crippen LogP) is 7.10. The molecule has 0 unspecified atom stereocenters. The maximum absolute atomic E-state index is 13.0. The van der Waals surface area contributed by atoms with Crippen molar-refractivity contribution >= 4 is 17.3 Å². The van der Waals surface area contributed by atoms with Crippen LogP contribution in [0.15, 0.2) is 67.5 Å². The minimum absolute atomic E-state index is 0.0968. The van der Waals surface area contributed by atoms with Crippen LogP contribution in [0.2, 0.25) is 0 Å². The van der Waals surface area contributed by atoms with Crippen LogP contribution in [0.25, 0.3) is 0 Å². The Hall–Kier alpha value is -6.10. The number of nitrogens with zero attached hydrogens (tertiary/aromatic N) is 8. The van der Waals surface area contributed by atoms with E-state index in [0.29, 0.717) is 60.1 Å². The van der Waals surface area contributed by atoms with Gasteiger partial charge in [-0.25, -0.2) is 19.9 Å². The molecule has 11 nitrogen and oxygen atoms in total. The molecule has 2 aliphatic heterocycles. The molecule has 0 amide bonds. The fourth-order valence-corrected chi connectivity index (χ4v) is 5.96. The van der Waals surface area contributed by atoms with Crippen LogP contribution in [0.4, 0.5) is 56.8 Å². The summed E-state index contributed by atoms with van der Waals surface area (Å²) in [6.07, 6.45) is -6.98. The van der Waals surface area contributed by atoms with Crippen LogP contribution in [-0.2, 0) is 57.5 Å². The van der Waals surface area contributed by atoms with Gasteiger partial charge >= 0.3 is 18.5 Å². The van der Waals surface area contributed by atoms with Crippen molar-refractivity contribution in [2.75, 3.05) is 28.6 Å². The molecule has 4 aromatic heterocycles. The Kier molecular flexibility index (Phi) is 11.5. The molecule has 0 aliphatic carbocycles. The smallest absolute Gasteiger partial charge is 0.366 e. The Balaban J connectivity index is 0.000000208. The van der Waals surface area contributed by atoms with Gasteiger partial charge in [-0.2, -0.15) is 44.8 Å². The zero-order chi connectivity index (χ0) is 40.1. The van der Waals surface area contributed by atoms with Gasteiger partial charge in [0.25, 0.3) is 0 Å². The summed E-state index contributed by atoms with van der Waals surface area (Å²) in [5, 5.41) is 18.9. The van der Waals surface area contributed by atoms with E-state index < -0.39 is 35.5 Å². The first-order valence-electron chi connectivity index (χ1n) is 16.8. The van der Waals surface area contributed by atoms with Crippen molar-refractivity contribution < 1.29 is 39.5 Å². The molecule has 0 radical (unpaired) electrons. The minimum Gasteiger partial charge on any atom is -0.366 e. The summed E-state index contributed by atoms with van der Waals surface area (Å²) in [7, 11) is 0. The number of aromatic nitrogens is 6. The van der Waals surface area contributed by atoms with E-state index in [1.54, 1.807) is 4.90 Å². The van der Waals surface area contributed by atoms with Crippen molar-refractivity contribution in [1.82, 2.24) is 35.2 Å². The van der Waals surface area contributed by atoms with Crippen molar-refractivity contribution in [2.45, 2.75) is 57.5 Å². The third-order valence-corrected chi connectivity index (χ3v) is 8.81. The zero-order valence-electron chi connectivity index (χ0n) is 29.0. The van der Waals surface area contributed by atoms with E-state index >= 15 is 0 Å². The molecule has 3 N–H and O–H groups in total. The van der Waals surface area contributed by atoms with Crippen LogP contribution in [0, 0.1) is 11.3 Å². The van der Waals surface area contributed by atoms with E-state index in [2.05, 4.69) is 45.9 Å². The molecule has 0 spiro atoms. The molecule has 292 valence electrons. The number of fused-ring (bicyclic) bond motifs is 2. The van der Waals surface area contributed by atoms with Crippen molar-refractivity contribution in [1.29, 1.82) is 5.26 Å². The van der Waals surface area contributed by atoms with Gasteiger partial charge in [0.05, 0.1) is 28.2 Å². The Morgan fingerprint density at radius 1 is 0.679 bits per heavy atom. The standard InChI is InChI=1S/C22H16F6N6.C14H14F3N5/c23-21(24,25)15-2-3-18(14(7-15)8-29)34-6-5-17-16(11-34)20(33-12-32-17)31-10-13-1-4-19(30-9-13)22(26,27)28;15-14(16,17)12-2-1-9(5-19-12)6-20-13-10-7-18-4-3-11(10)21-8-22-13/h1-4,7,9,12H,5-6,10-11H2,(H,31,32,33);1-2,5,8,18H,3-4,6-7H2,(H,20,21,22). The molecule has 7 rings (SSSR count). The summed E-state index contributed by atoms with van der Waals surface area (Å²) in [4.78, 5) is 25.6. The Morgan fingerprint density at radius 2 is 1.25 bits per heavy atom. The lowest BCUT2D eigenvalue weighted by Crippen LogP contribution is -2.32. The average Bonchev–Trinajstić information content (AvgIpc) is 3.18. The molecule has 6 heterocycles. The minimum atomic E-state index is -4.56. The highest BCUT2D eigenvalue weighted by Gasteiger charge is 2.34. The molecule has 0 saturated carbocycles. The fraction of sp³-hybridized carbons (Fsp3) is 0.306. The van der Waals surface area contributed by atoms with Crippen molar-refractivity contribution in [3.05, 3.63) is 124 Å². The van der Waals surface area contributed by atoms with Gasteiger partial charge < -0.3 is 20.9 Å². The van der Waals surface area contributed by atoms with Crippen LogP contribution >= 0.6 is 0 Å². The van der Waals surface area contributed by atoms with E-state index in [1.165, 1.54) is 37.1 Å². The van der Waals surface area contributed by atoms with Crippen LogP contribution < -0.4 is 20.9 Å². The third kappa shape index (κ3) is 9.57. The highest BCUT2D eigenvalue weighted by molar-refractivity contribution is 5.63. The SMILES string of the molecule is FC(F)(F)c1ccc(CNc2ncnc3c2CNCC3)cn1.N#Cc1cc(C(F)(F)F)ccc1N1CCc2ncnc(NCc3ccc(C(F)(F)F)nc3)c2C1. The van der Waals surface area contributed by atoms with E-state index in [0.717, 1.165) is 60.4 Å². The van der Waals surface area contributed by atoms with Crippen LogP contribution in [0.1, 0.15) is 56.2 Å². The normalized spacial score (nSPS) is 14.1. The van der Waals surface area contributed by atoms with Crippen LogP contribution in [0.3, 0.4) is 0 Å². The molecule has 20 heteroatoms. The van der Waals surface area contributed by atoms with Gasteiger partial charge in [-0.3, -0.25) is 9.97 Å². The van der Waals surface area contributed by atoms with Crippen LogP contribution in [-0.4, -0.2) is 43.0 Å². The molecule has 5 aromatic rings. The first-order chi connectivity index (χ1) is 26.6. The summed E-state index contributed by atoms with van der Waals surface area (Å²) in [5.74, 6) is 1.15. The summed E-state index contributed by atoms with van der Waals surface area (Å²) < 4.78 is 115. The molecular formula is C36H30F9N11. The predicted molar refractivity (Wildman–Crippen MR) is 184 cm³/mol. The second kappa shape index (κ2) is 16.3. The molecule has 56 heavy (non-hydrogen) atoms. The van der Waals surface area contributed by atoms with E-state index in [-0.39, 0.29) is 18.7 Å². The quantitative estimate of drug-likeness (QED) is 0.146. The molecule has 1 aromatic carbocycles. The highest BCUT2D eigenvalue weighted by Crippen LogP contribution is 2.35. The molecule has 0 fully saturated rings. The largest absolute Gasteiger partial charge is 0.433 e. The molecule has 2 aliphatic rings. The zero-order valence-corrected chi connectivity index (χ0v) is 29.0. The third-order valence-electron chi connectivity index (χ3n) is 8.81. The number of pyridine rings is 2. The number of hydrogen-bond acceptors (Lipinski definition) is 11. The van der Waals surface area contributed by atoms with Crippen molar-refractivity contribution in [2.24, 2.45) is 0 Å². The number of halogens is 9. The van der Waals surface area contributed by atoms with Gasteiger partial charge in [0.15, 0.2) is 0 Å². The number of benzene rings is 1. The molecule has 0 bridgehead atoms. The van der Waals surface area contributed by atoms with E-state index in [4.69, 9.17) is 0 Å². The highest BCUT2D eigenvalue weighted by atomic mass is 19.4. The second-order valence-electron chi connectivity index (χ2n) is 12.5. The van der Waals surface area contributed by atoms with Crippen molar-refractivity contribution in [3.63, 3.8) is 0 Å². The number of nitrogens with one attached hydrogen (secondary N) is 3.